The van der Waals surface area contributed by atoms with Crippen molar-refractivity contribution in [3.05, 3.63) is 45.7 Å². The Labute approximate surface area is 221 Å². The summed E-state index contributed by atoms with van der Waals surface area (Å²) in [6.07, 6.45) is 2.58. The lowest BCUT2D eigenvalue weighted by atomic mass is 9.57. The summed E-state index contributed by atoms with van der Waals surface area (Å²) in [6.45, 7) is 4.76. The summed E-state index contributed by atoms with van der Waals surface area (Å²) in [5.41, 5.74) is 3.61. The topological polar surface area (TPSA) is 165 Å². The van der Waals surface area contributed by atoms with Gasteiger partial charge in [-0.05, 0) is 81.9 Å². The molecule has 10 nitrogen and oxygen atoms in total. The van der Waals surface area contributed by atoms with Gasteiger partial charge in [-0.3, -0.25) is 24.2 Å². The number of nitrogens with zero attached hydrogens (tertiary/aromatic N) is 2. The van der Waals surface area contributed by atoms with Crippen LogP contribution in [0.25, 0.3) is 5.76 Å². The van der Waals surface area contributed by atoms with Crippen LogP contribution in [0.4, 0.5) is 0 Å². The SMILES string of the molecule is CC1CCN(Cc2ccc(O)c3c2C[C@H]2C[C@H]4C(N(C)C)C(=O)C(C(N)=O)=C(O)[C@@]4(O)C(=O)C2=C3O)CC1. The highest BCUT2D eigenvalue weighted by Gasteiger charge is 2.64. The van der Waals surface area contributed by atoms with Crippen LogP contribution < -0.4 is 5.73 Å². The van der Waals surface area contributed by atoms with Crippen molar-refractivity contribution in [2.75, 3.05) is 27.2 Å². The van der Waals surface area contributed by atoms with Crippen LogP contribution in [0, 0.1) is 17.8 Å². The molecule has 0 radical (unpaired) electrons. The van der Waals surface area contributed by atoms with E-state index in [1.54, 1.807) is 14.1 Å². The predicted octanol–water partition coefficient (Wildman–Crippen LogP) is 1.20. The van der Waals surface area contributed by atoms with Gasteiger partial charge >= 0.3 is 0 Å². The largest absolute Gasteiger partial charge is 0.508 e. The second kappa shape index (κ2) is 9.21. The number of aliphatic hydroxyl groups is 3. The number of Topliss-reactive ketones (excluding diaryl/α,β-unsaturated/α-hetero) is 2. The van der Waals surface area contributed by atoms with Crippen LogP contribution in [-0.4, -0.2) is 86.5 Å². The Hall–Kier alpha value is -3.21. The summed E-state index contributed by atoms with van der Waals surface area (Å²) in [6, 6.07) is 2.24. The van der Waals surface area contributed by atoms with Gasteiger partial charge in [-0.25, -0.2) is 0 Å². The average molecular weight is 526 g/mol. The maximum Gasteiger partial charge on any atom is 0.255 e. The minimum absolute atomic E-state index is 0.0854. The lowest BCUT2D eigenvalue weighted by Crippen LogP contribution is -2.65. The molecule has 1 amide bonds. The molecule has 1 saturated carbocycles. The lowest BCUT2D eigenvalue weighted by Gasteiger charge is -2.50. The van der Waals surface area contributed by atoms with Crippen LogP contribution in [0.15, 0.2) is 29.0 Å². The van der Waals surface area contributed by atoms with Gasteiger partial charge in [-0.1, -0.05) is 13.0 Å². The third-order valence-electron chi connectivity index (χ3n) is 8.97. The number of benzene rings is 1. The molecule has 1 aromatic rings. The van der Waals surface area contributed by atoms with Crippen LogP contribution in [0.3, 0.4) is 0 Å². The zero-order chi connectivity index (χ0) is 27.7. The molecule has 0 aromatic heterocycles. The molecule has 4 atom stereocenters. The number of hydrogen-bond donors (Lipinski definition) is 5. The Bertz CT molecular complexity index is 1290. The van der Waals surface area contributed by atoms with E-state index in [1.165, 1.54) is 11.0 Å². The average Bonchev–Trinajstić information content (AvgIpc) is 2.84. The van der Waals surface area contributed by atoms with E-state index in [0.717, 1.165) is 37.1 Å². The van der Waals surface area contributed by atoms with Crippen molar-refractivity contribution < 1.29 is 34.8 Å². The van der Waals surface area contributed by atoms with Gasteiger partial charge in [-0.2, -0.15) is 0 Å². The molecule has 3 aliphatic carbocycles. The quantitative estimate of drug-likeness (QED) is 0.363. The van der Waals surface area contributed by atoms with Gasteiger partial charge in [0.15, 0.2) is 11.4 Å². The zero-order valence-corrected chi connectivity index (χ0v) is 21.9. The number of rotatable bonds is 4. The maximum absolute atomic E-state index is 13.9. The summed E-state index contributed by atoms with van der Waals surface area (Å²) in [4.78, 5) is 43.0. The van der Waals surface area contributed by atoms with Crippen molar-refractivity contribution in [1.29, 1.82) is 0 Å². The summed E-state index contributed by atoms with van der Waals surface area (Å²) in [5.74, 6) is -5.69. The summed E-state index contributed by atoms with van der Waals surface area (Å²) < 4.78 is 0. The molecule has 4 aliphatic rings. The second-order valence-electron chi connectivity index (χ2n) is 11.5. The van der Waals surface area contributed by atoms with Gasteiger partial charge in [0.1, 0.15) is 22.8 Å². The Morgan fingerprint density at radius 2 is 1.82 bits per heavy atom. The van der Waals surface area contributed by atoms with Crippen molar-refractivity contribution in [2.45, 2.75) is 50.8 Å². The van der Waals surface area contributed by atoms with E-state index < -0.39 is 58.0 Å². The van der Waals surface area contributed by atoms with Gasteiger partial charge in [0, 0.05) is 18.0 Å². The number of nitrogens with two attached hydrogens (primary N) is 1. The fourth-order valence-corrected chi connectivity index (χ4v) is 6.92. The van der Waals surface area contributed by atoms with Crippen LogP contribution >= 0.6 is 0 Å². The number of likely N-dealkylation sites (tertiary alicyclic amines) is 1. The first kappa shape index (κ1) is 26.4. The third-order valence-corrected chi connectivity index (χ3v) is 8.97. The summed E-state index contributed by atoms with van der Waals surface area (Å²) in [7, 11) is 3.17. The van der Waals surface area contributed by atoms with E-state index in [9.17, 15) is 34.8 Å². The summed E-state index contributed by atoms with van der Waals surface area (Å²) >= 11 is 0. The molecule has 1 unspecified atom stereocenters. The van der Waals surface area contributed by atoms with Crippen LogP contribution in [-0.2, 0) is 27.3 Å². The monoisotopic (exact) mass is 525 g/mol. The number of amides is 1. The van der Waals surface area contributed by atoms with Gasteiger partial charge in [0.2, 0.25) is 5.78 Å². The van der Waals surface area contributed by atoms with Crippen LogP contribution in [0.2, 0.25) is 0 Å². The maximum atomic E-state index is 13.9. The molecule has 38 heavy (non-hydrogen) atoms. The molecule has 204 valence electrons. The smallest absolute Gasteiger partial charge is 0.255 e. The zero-order valence-electron chi connectivity index (χ0n) is 21.9. The van der Waals surface area contributed by atoms with E-state index in [4.69, 9.17) is 5.73 Å². The van der Waals surface area contributed by atoms with Crippen molar-refractivity contribution in [2.24, 2.45) is 23.5 Å². The van der Waals surface area contributed by atoms with Gasteiger partial charge < -0.3 is 26.2 Å². The third kappa shape index (κ3) is 3.77. The van der Waals surface area contributed by atoms with E-state index >= 15 is 0 Å². The number of hydrogen-bond acceptors (Lipinski definition) is 9. The first-order chi connectivity index (χ1) is 17.9. The molecule has 5 rings (SSSR count). The molecule has 1 heterocycles. The number of aromatic hydroxyl groups is 1. The predicted molar refractivity (Wildman–Crippen MR) is 138 cm³/mol. The van der Waals surface area contributed by atoms with E-state index in [2.05, 4.69) is 11.8 Å². The van der Waals surface area contributed by atoms with Crippen molar-refractivity contribution in [3.63, 3.8) is 0 Å². The number of carbonyl (C=O) groups excluding carboxylic acids is 3. The second-order valence-corrected chi connectivity index (χ2v) is 11.5. The molecular formula is C28H35N3O7. The Balaban J connectivity index is 1.62. The van der Waals surface area contributed by atoms with Gasteiger partial charge in [-0.15, -0.1) is 0 Å². The fourth-order valence-electron chi connectivity index (χ4n) is 6.92. The van der Waals surface area contributed by atoms with E-state index in [-0.39, 0.29) is 23.3 Å². The fraction of sp³-hybridized carbons (Fsp3) is 0.536. The number of piperidine rings is 1. The van der Waals surface area contributed by atoms with Gasteiger partial charge in [0.25, 0.3) is 5.91 Å². The number of phenols is 1. The molecule has 1 saturated heterocycles. The Morgan fingerprint density at radius 1 is 1.16 bits per heavy atom. The van der Waals surface area contributed by atoms with Crippen molar-refractivity contribution in [1.82, 2.24) is 9.80 Å². The number of likely N-dealkylation sites (N-methyl/N-ethyl adjacent to an activating group) is 1. The molecule has 0 spiro atoms. The highest BCUT2D eigenvalue weighted by Crippen LogP contribution is 2.53. The normalized spacial score (nSPS) is 30.4. The lowest BCUT2D eigenvalue weighted by molar-refractivity contribution is -0.153. The molecule has 2 fully saturated rings. The molecule has 6 N–H and O–H groups in total. The number of primary amides is 1. The Kier molecular flexibility index (Phi) is 6.40. The number of aliphatic hydroxyl groups excluding tert-OH is 2. The molecule has 0 bridgehead atoms. The number of carbonyl (C=O) groups is 3. The molecule has 1 aromatic carbocycles. The van der Waals surface area contributed by atoms with E-state index in [1.807, 2.05) is 6.07 Å². The van der Waals surface area contributed by atoms with Crippen LogP contribution in [0.1, 0.15) is 42.9 Å². The highest BCUT2D eigenvalue weighted by atomic mass is 16.3. The number of ketones is 2. The van der Waals surface area contributed by atoms with Crippen molar-refractivity contribution >= 4 is 23.2 Å². The standard InChI is InChI=1S/C28H35N3O7/c1-13-6-8-31(9-7-13)12-14-4-5-18(32)20-16(14)10-15-11-17-22(30(2)3)24(34)21(27(29)37)26(36)28(17,38)25(35)19(15)23(20)33/h4-5,13,15,17,22,32-33,36,38H,6-12H2,1-3H3,(H2,29,37)/t15-,17-,22?,28-/m0/s1. The molecule has 10 heteroatoms. The van der Waals surface area contributed by atoms with Gasteiger partial charge in [0.05, 0.1) is 11.6 Å². The van der Waals surface area contributed by atoms with Crippen LogP contribution in [0.5, 0.6) is 5.75 Å². The van der Waals surface area contributed by atoms with E-state index in [0.29, 0.717) is 18.9 Å². The summed E-state index contributed by atoms with van der Waals surface area (Å²) in [5, 5.41) is 44.7. The minimum atomic E-state index is -2.62. The number of fused-ring (bicyclic) bond motifs is 3. The Morgan fingerprint density at radius 3 is 2.42 bits per heavy atom. The first-order valence-corrected chi connectivity index (χ1v) is 13.1. The highest BCUT2D eigenvalue weighted by molar-refractivity contribution is 6.24. The first-order valence-electron chi connectivity index (χ1n) is 13.1. The number of phenolic OH excluding ortho intramolecular Hbond substituents is 1. The van der Waals surface area contributed by atoms with Crippen molar-refractivity contribution in [3.8, 4) is 5.75 Å². The molecule has 1 aliphatic heterocycles. The minimum Gasteiger partial charge on any atom is -0.508 e. The molecular weight excluding hydrogens is 490 g/mol.